The van der Waals surface area contributed by atoms with Gasteiger partial charge in [-0.05, 0) is 13.0 Å². The van der Waals surface area contributed by atoms with Gasteiger partial charge in [-0.3, -0.25) is 0 Å². The molecule has 0 spiro atoms. The number of furan rings is 1. The first-order chi connectivity index (χ1) is 5.59. The monoisotopic (exact) mass is 204 g/mol. The van der Waals surface area contributed by atoms with Crippen LogP contribution in [-0.2, 0) is 6.42 Å². The summed E-state index contributed by atoms with van der Waals surface area (Å²) in [6, 6.07) is 4.09. The van der Waals surface area contributed by atoms with Crippen LogP contribution in [0.2, 0.25) is 0 Å². The third-order valence-corrected chi connectivity index (χ3v) is 1.61. The highest BCUT2D eigenvalue weighted by Crippen LogP contribution is 2.16. The molecule has 0 saturated carbocycles. The Morgan fingerprint density at radius 3 is 2.46 bits per heavy atom. The summed E-state index contributed by atoms with van der Waals surface area (Å²) >= 11 is 0. The quantitative estimate of drug-likeness (QED) is 0.815. The fraction of sp³-hybridized carbons (Fsp3) is 0.556. The van der Waals surface area contributed by atoms with Gasteiger partial charge in [-0.2, -0.15) is 0 Å². The molecule has 0 aliphatic heterocycles. The maximum atomic E-state index is 5.64. The van der Waals surface area contributed by atoms with Crippen molar-refractivity contribution < 1.29 is 4.42 Å². The smallest absolute Gasteiger partial charge is 0.195 e. The van der Waals surface area contributed by atoms with Gasteiger partial charge in [0, 0.05) is 32.6 Å². The van der Waals surface area contributed by atoms with Gasteiger partial charge in [0.1, 0.15) is 5.76 Å². The number of halogens is 1. The van der Waals surface area contributed by atoms with Crippen LogP contribution in [0.15, 0.2) is 16.5 Å². The Kier molecular flexibility index (Phi) is 4.88. The first kappa shape index (κ1) is 12.3. The van der Waals surface area contributed by atoms with Crippen LogP contribution in [0.5, 0.6) is 0 Å². The standard InChI is InChI=1S/C9H16N2O.ClH/c1-7(10)6-8-4-5-9(12-8)11(2)3;/h4-5,7H,6,10H2,1-3H3;1H. The molecule has 1 aromatic heterocycles. The van der Waals surface area contributed by atoms with E-state index in [0.717, 1.165) is 18.1 Å². The lowest BCUT2D eigenvalue weighted by molar-refractivity contribution is 0.493. The Labute approximate surface area is 85.3 Å². The van der Waals surface area contributed by atoms with E-state index in [9.17, 15) is 0 Å². The number of hydrogen-bond donors (Lipinski definition) is 1. The summed E-state index contributed by atoms with van der Waals surface area (Å²) in [5.74, 6) is 1.83. The molecule has 0 aliphatic carbocycles. The molecule has 0 fully saturated rings. The van der Waals surface area contributed by atoms with E-state index in [4.69, 9.17) is 10.2 Å². The Hall–Kier alpha value is -0.670. The maximum absolute atomic E-state index is 5.64. The molecule has 0 aromatic carbocycles. The highest BCUT2D eigenvalue weighted by Gasteiger charge is 2.04. The molecule has 0 aliphatic rings. The zero-order valence-corrected chi connectivity index (χ0v) is 9.10. The number of nitrogens with zero attached hydrogens (tertiary/aromatic N) is 1. The van der Waals surface area contributed by atoms with Gasteiger partial charge < -0.3 is 15.1 Å². The third kappa shape index (κ3) is 3.70. The van der Waals surface area contributed by atoms with Crippen LogP contribution in [0.1, 0.15) is 12.7 Å². The van der Waals surface area contributed by atoms with Crippen LogP contribution in [0.3, 0.4) is 0 Å². The molecule has 0 amide bonds. The highest BCUT2D eigenvalue weighted by atomic mass is 35.5. The largest absolute Gasteiger partial charge is 0.446 e. The maximum Gasteiger partial charge on any atom is 0.195 e. The highest BCUT2D eigenvalue weighted by molar-refractivity contribution is 5.85. The second-order valence-electron chi connectivity index (χ2n) is 3.32. The van der Waals surface area contributed by atoms with Gasteiger partial charge in [0.05, 0.1) is 0 Å². The fourth-order valence-electron chi connectivity index (χ4n) is 1.03. The molecule has 0 saturated heterocycles. The van der Waals surface area contributed by atoms with E-state index in [1.165, 1.54) is 0 Å². The zero-order valence-electron chi connectivity index (χ0n) is 8.28. The first-order valence-corrected chi connectivity index (χ1v) is 4.11. The number of anilines is 1. The molecule has 1 heterocycles. The number of nitrogens with two attached hydrogens (primary N) is 1. The van der Waals surface area contributed by atoms with Crippen LogP contribution in [-0.4, -0.2) is 20.1 Å². The van der Waals surface area contributed by atoms with Crippen molar-refractivity contribution in [1.82, 2.24) is 0 Å². The van der Waals surface area contributed by atoms with E-state index in [1.807, 2.05) is 38.1 Å². The summed E-state index contributed by atoms with van der Waals surface area (Å²) in [6.45, 7) is 1.97. The van der Waals surface area contributed by atoms with Crippen molar-refractivity contribution in [3.8, 4) is 0 Å². The molecule has 1 rings (SSSR count). The summed E-state index contributed by atoms with van der Waals surface area (Å²) in [5, 5.41) is 0. The summed E-state index contributed by atoms with van der Waals surface area (Å²) in [5.41, 5.74) is 5.64. The van der Waals surface area contributed by atoms with Crippen LogP contribution < -0.4 is 10.6 Å². The molecule has 1 unspecified atom stereocenters. The zero-order chi connectivity index (χ0) is 9.14. The first-order valence-electron chi connectivity index (χ1n) is 4.11. The number of rotatable bonds is 3. The third-order valence-electron chi connectivity index (χ3n) is 1.61. The van der Waals surface area contributed by atoms with Crippen molar-refractivity contribution in [1.29, 1.82) is 0 Å². The van der Waals surface area contributed by atoms with Gasteiger partial charge in [-0.25, -0.2) is 0 Å². The predicted molar refractivity (Wildman–Crippen MR) is 57.6 cm³/mol. The van der Waals surface area contributed by atoms with E-state index in [0.29, 0.717) is 0 Å². The Morgan fingerprint density at radius 2 is 2.08 bits per heavy atom. The molecular formula is C9H17ClN2O. The van der Waals surface area contributed by atoms with Gasteiger partial charge in [-0.1, -0.05) is 0 Å². The Morgan fingerprint density at radius 1 is 1.46 bits per heavy atom. The number of hydrogen-bond acceptors (Lipinski definition) is 3. The molecule has 76 valence electrons. The minimum atomic E-state index is 0. The summed E-state index contributed by atoms with van der Waals surface area (Å²) in [6.07, 6.45) is 0.799. The second kappa shape index (κ2) is 5.14. The molecule has 4 heteroatoms. The van der Waals surface area contributed by atoms with Crippen molar-refractivity contribution >= 4 is 18.3 Å². The predicted octanol–water partition coefficient (Wildman–Crippen LogP) is 1.66. The van der Waals surface area contributed by atoms with E-state index in [-0.39, 0.29) is 18.4 Å². The Balaban J connectivity index is 0.00000144. The molecule has 0 radical (unpaired) electrons. The molecule has 3 nitrogen and oxygen atoms in total. The average Bonchev–Trinajstić information content (AvgIpc) is 2.34. The van der Waals surface area contributed by atoms with Crippen molar-refractivity contribution in [3.05, 3.63) is 17.9 Å². The molecular weight excluding hydrogens is 188 g/mol. The summed E-state index contributed by atoms with van der Waals surface area (Å²) in [4.78, 5) is 1.94. The topological polar surface area (TPSA) is 42.4 Å². The van der Waals surface area contributed by atoms with Gasteiger partial charge in [-0.15, -0.1) is 12.4 Å². The van der Waals surface area contributed by atoms with Crippen molar-refractivity contribution in [3.63, 3.8) is 0 Å². The Bertz CT molecular complexity index is 246. The van der Waals surface area contributed by atoms with Crippen LogP contribution in [0, 0.1) is 0 Å². The van der Waals surface area contributed by atoms with Crippen molar-refractivity contribution in [2.24, 2.45) is 5.73 Å². The molecule has 1 atom stereocenters. The normalized spacial score (nSPS) is 12.0. The van der Waals surface area contributed by atoms with Gasteiger partial charge in [0.25, 0.3) is 0 Å². The minimum absolute atomic E-state index is 0. The fourth-order valence-corrected chi connectivity index (χ4v) is 1.03. The average molecular weight is 205 g/mol. The minimum Gasteiger partial charge on any atom is -0.446 e. The van der Waals surface area contributed by atoms with Crippen molar-refractivity contribution in [2.75, 3.05) is 19.0 Å². The van der Waals surface area contributed by atoms with Crippen LogP contribution in [0.4, 0.5) is 5.88 Å². The van der Waals surface area contributed by atoms with E-state index in [1.54, 1.807) is 0 Å². The molecule has 2 N–H and O–H groups in total. The lowest BCUT2D eigenvalue weighted by atomic mass is 10.2. The second-order valence-corrected chi connectivity index (χ2v) is 3.32. The molecule has 13 heavy (non-hydrogen) atoms. The lowest BCUT2D eigenvalue weighted by Gasteiger charge is -2.07. The summed E-state index contributed by atoms with van der Waals surface area (Å²) < 4.78 is 5.50. The molecule has 0 bridgehead atoms. The van der Waals surface area contributed by atoms with Gasteiger partial charge in [0.2, 0.25) is 0 Å². The van der Waals surface area contributed by atoms with Crippen molar-refractivity contribution in [2.45, 2.75) is 19.4 Å². The van der Waals surface area contributed by atoms with Crippen LogP contribution >= 0.6 is 12.4 Å². The van der Waals surface area contributed by atoms with Gasteiger partial charge >= 0.3 is 0 Å². The lowest BCUT2D eigenvalue weighted by Crippen LogP contribution is -2.17. The van der Waals surface area contributed by atoms with Crippen LogP contribution in [0.25, 0.3) is 0 Å². The molecule has 1 aromatic rings. The summed E-state index contributed by atoms with van der Waals surface area (Å²) in [7, 11) is 3.91. The SMILES string of the molecule is CC(N)Cc1ccc(N(C)C)o1.Cl. The van der Waals surface area contributed by atoms with E-state index in [2.05, 4.69) is 0 Å². The van der Waals surface area contributed by atoms with E-state index >= 15 is 0 Å². The van der Waals surface area contributed by atoms with Gasteiger partial charge in [0.15, 0.2) is 5.88 Å². The van der Waals surface area contributed by atoms with E-state index < -0.39 is 0 Å².